The molecule has 0 amide bonds. The van der Waals surface area contributed by atoms with Gasteiger partial charge in [-0.15, -0.1) is 0 Å². The van der Waals surface area contributed by atoms with E-state index in [9.17, 15) is 5.11 Å². The SMILES string of the molecule is CC(CC(C)(O)CN)Oc1ccccc1. The van der Waals surface area contributed by atoms with Crippen LogP contribution < -0.4 is 10.5 Å². The number of hydrogen-bond acceptors (Lipinski definition) is 3. The fourth-order valence-electron chi connectivity index (χ4n) is 1.48. The first kappa shape index (κ1) is 12.0. The van der Waals surface area contributed by atoms with Crippen LogP contribution in [0.1, 0.15) is 20.3 Å². The van der Waals surface area contributed by atoms with E-state index >= 15 is 0 Å². The third-order valence-electron chi connectivity index (χ3n) is 2.25. The zero-order chi connectivity index (χ0) is 11.3. The molecule has 0 aliphatic heterocycles. The molecule has 1 aromatic carbocycles. The highest BCUT2D eigenvalue weighted by Gasteiger charge is 2.22. The lowest BCUT2D eigenvalue weighted by Crippen LogP contribution is -2.38. The van der Waals surface area contributed by atoms with Crippen molar-refractivity contribution in [2.75, 3.05) is 6.54 Å². The first-order valence-corrected chi connectivity index (χ1v) is 5.18. The van der Waals surface area contributed by atoms with Gasteiger partial charge in [-0.2, -0.15) is 0 Å². The van der Waals surface area contributed by atoms with E-state index in [4.69, 9.17) is 10.5 Å². The minimum absolute atomic E-state index is 0.0500. The Labute approximate surface area is 90.9 Å². The van der Waals surface area contributed by atoms with E-state index < -0.39 is 5.60 Å². The minimum Gasteiger partial charge on any atom is -0.491 e. The molecule has 2 atom stereocenters. The number of ether oxygens (including phenoxy) is 1. The van der Waals surface area contributed by atoms with E-state index in [1.807, 2.05) is 37.3 Å². The van der Waals surface area contributed by atoms with Crippen LogP contribution in [0.4, 0.5) is 0 Å². The molecule has 0 bridgehead atoms. The Bertz CT molecular complexity index is 285. The van der Waals surface area contributed by atoms with Crippen molar-refractivity contribution in [2.45, 2.75) is 32.0 Å². The molecule has 3 N–H and O–H groups in total. The Morgan fingerprint density at radius 1 is 1.40 bits per heavy atom. The summed E-state index contributed by atoms with van der Waals surface area (Å²) in [4.78, 5) is 0. The maximum absolute atomic E-state index is 9.77. The van der Waals surface area contributed by atoms with Gasteiger partial charge in [0.15, 0.2) is 0 Å². The van der Waals surface area contributed by atoms with Crippen LogP contribution in [-0.4, -0.2) is 23.4 Å². The van der Waals surface area contributed by atoms with Crippen molar-refractivity contribution in [3.05, 3.63) is 30.3 Å². The Balaban J connectivity index is 2.46. The average Bonchev–Trinajstić information content (AvgIpc) is 2.18. The van der Waals surface area contributed by atoms with E-state index in [1.54, 1.807) is 6.92 Å². The molecule has 0 aromatic heterocycles. The maximum atomic E-state index is 9.77. The van der Waals surface area contributed by atoms with Gasteiger partial charge in [-0.3, -0.25) is 0 Å². The van der Waals surface area contributed by atoms with Crippen LogP contribution in [0.2, 0.25) is 0 Å². The van der Waals surface area contributed by atoms with Gasteiger partial charge < -0.3 is 15.6 Å². The molecule has 84 valence electrons. The van der Waals surface area contributed by atoms with Crippen molar-refractivity contribution in [2.24, 2.45) is 5.73 Å². The van der Waals surface area contributed by atoms with Gasteiger partial charge in [0.25, 0.3) is 0 Å². The summed E-state index contributed by atoms with van der Waals surface area (Å²) >= 11 is 0. The van der Waals surface area contributed by atoms with Crippen molar-refractivity contribution in [3.63, 3.8) is 0 Å². The van der Waals surface area contributed by atoms with E-state index in [-0.39, 0.29) is 12.6 Å². The van der Waals surface area contributed by atoms with Gasteiger partial charge in [-0.05, 0) is 26.0 Å². The molecule has 15 heavy (non-hydrogen) atoms. The Hall–Kier alpha value is -1.06. The first-order chi connectivity index (χ1) is 7.03. The van der Waals surface area contributed by atoms with Crippen molar-refractivity contribution in [1.29, 1.82) is 0 Å². The van der Waals surface area contributed by atoms with Gasteiger partial charge in [0.05, 0.1) is 11.7 Å². The molecular formula is C12H19NO2. The summed E-state index contributed by atoms with van der Waals surface area (Å²) in [5, 5.41) is 9.77. The highest BCUT2D eigenvalue weighted by Crippen LogP contribution is 2.17. The molecule has 0 spiro atoms. The zero-order valence-corrected chi connectivity index (χ0v) is 9.31. The number of rotatable bonds is 5. The van der Waals surface area contributed by atoms with Crippen LogP contribution in [0.3, 0.4) is 0 Å². The molecule has 0 saturated heterocycles. The second kappa shape index (κ2) is 5.14. The molecule has 1 aromatic rings. The number of benzene rings is 1. The molecule has 0 heterocycles. The zero-order valence-electron chi connectivity index (χ0n) is 9.31. The molecule has 0 aliphatic rings. The van der Waals surface area contributed by atoms with Crippen molar-refractivity contribution < 1.29 is 9.84 Å². The van der Waals surface area contributed by atoms with Crippen molar-refractivity contribution in [3.8, 4) is 5.75 Å². The smallest absolute Gasteiger partial charge is 0.119 e. The summed E-state index contributed by atoms with van der Waals surface area (Å²) in [6, 6.07) is 9.57. The summed E-state index contributed by atoms with van der Waals surface area (Å²) in [6.07, 6.45) is 0.476. The van der Waals surface area contributed by atoms with Crippen molar-refractivity contribution in [1.82, 2.24) is 0 Å². The number of nitrogens with two attached hydrogens (primary N) is 1. The topological polar surface area (TPSA) is 55.5 Å². The molecule has 2 unspecified atom stereocenters. The van der Waals surface area contributed by atoms with Crippen LogP contribution in [0, 0.1) is 0 Å². The molecule has 1 rings (SSSR count). The van der Waals surface area contributed by atoms with E-state index in [0.717, 1.165) is 5.75 Å². The summed E-state index contributed by atoms with van der Waals surface area (Å²) in [5.41, 5.74) is 4.59. The lowest BCUT2D eigenvalue weighted by molar-refractivity contribution is 0.0237. The largest absolute Gasteiger partial charge is 0.491 e. The lowest BCUT2D eigenvalue weighted by Gasteiger charge is -2.25. The monoisotopic (exact) mass is 209 g/mol. The van der Waals surface area contributed by atoms with Gasteiger partial charge in [-0.1, -0.05) is 18.2 Å². The molecule has 3 heteroatoms. The Kier molecular flexibility index (Phi) is 4.12. The highest BCUT2D eigenvalue weighted by molar-refractivity contribution is 5.21. The van der Waals surface area contributed by atoms with Crippen LogP contribution in [0.5, 0.6) is 5.75 Å². The lowest BCUT2D eigenvalue weighted by atomic mass is 9.99. The number of hydrogen-bond donors (Lipinski definition) is 2. The summed E-state index contributed by atoms with van der Waals surface area (Å²) < 4.78 is 5.64. The molecule has 0 radical (unpaired) electrons. The molecule has 0 aliphatic carbocycles. The second-order valence-corrected chi connectivity index (χ2v) is 4.15. The van der Waals surface area contributed by atoms with Gasteiger partial charge >= 0.3 is 0 Å². The van der Waals surface area contributed by atoms with Gasteiger partial charge in [-0.25, -0.2) is 0 Å². The molecular weight excluding hydrogens is 190 g/mol. The molecule has 3 nitrogen and oxygen atoms in total. The fraction of sp³-hybridized carbons (Fsp3) is 0.500. The van der Waals surface area contributed by atoms with Crippen molar-refractivity contribution >= 4 is 0 Å². The number of para-hydroxylation sites is 1. The van der Waals surface area contributed by atoms with Crippen LogP contribution in [-0.2, 0) is 0 Å². The molecule has 0 saturated carbocycles. The number of aliphatic hydroxyl groups is 1. The predicted molar refractivity (Wildman–Crippen MR) is 60.8 cm³/mol. The summed E-state index contributed by atoms with van der Waals surface area (Å²) in [5.74, 6) is 0.817. The Morgan fingerprint density at radius 2 is 2.00 bits per heavy atom. The Morgan fingerprint density at radius 3 is 2.53 bits per heavy atom. The first-order valence-electron chi connectivity index (χ1n) is 5.18. The van der Waals surface area contributed by atoms with E-state index in [0.29, 0.717) is 6.42 Å². The van der Waals surface area contributed by atoms with E-state index in [1.165, 1.54) is 0 Å². The fourth-order valence-corrected chi connectivity index (χ4v) is 1.48. The summed E-state index contributed by atoms with van der Waals surface area (Å²) in [6.45, 7) is 3.89. The quantitative estimate of drug-likeness (QED) is 0.773. The van der Waals surface area contributed by atoms with Gasteiger partial charge in [0.1, 0.15) is 5.75 Å². The summed E-state index contributed by atoms with van der Waals surface area (Å²) in [7, 11) is 0. The maximum Gasteiger partial charge on any atom is 0.119 e. The second-order valence-electron chi connectivity index (χ2n) is 4.15. The van der Waals surface area contributed by atoms with E-state index in [2.05, 4.69) is 0 Å². The third-order valence-corrected chi connectivity index (χ3v) is 2.25. The average molecular weight is 209 g/mol. The minimum atomic E-state index is -0.853. The normalized spacial score (nSPS) is 16.8. The van der Waals surface area contributed by atoms with Crippen LogP contribution in [0.15, 0.2) is 30.3 Å². The predicted octanol–water partition coefficient (Wildman–Crippen LogP) is 1.55. The molecule has 0 fully saturated rings. The third kappa shape index (κ3) is 4.32. The standard InChI is InChI=1S/C12H19NO2/c1-10(8-12(2,14)9-13)15-11-6-4-3-5-7-11/h3-7,10,14H,8-9,13H2,1-2H3. The van der Waals surface area contributed by atoms with Gasteiger partial charge in [0, 0.05) is 13.0 Å². The van der Waals surface area contributed by atoms with Crippen LogP contribution >= 0.6 is 0 Å². The highest BCUT2D eigenvalue weighted by atomic mass is 16.5. The van der Waals surface area contributed by atoms with Gasteiger partial charge in [0.2, 0.25) is 0 Å². The van der Waals surface area contributed by atoms with Crippen LogP contribution in [0.25, 0.3) is 0 Å².